The van der Waals surface area contributed by atoms with Crippen molar-refractivity contribution in [2.45, 2.75) is 52.1 Å². The molecule has 0 spiro atoms. The zero-order chi connectivity index (χ0) is 14.0. The fraction of sp³-hybridized carbons (Fsp3) is 0.733. The average Bonchev–Trinajstić information content (AvgIpc) is 2.90. The summed E-state index contributed by atoms with van der Waals surface area (Å²) in [5.74, 6) is -1.57. The van der Waals surface area contributed by atoms with Gasteiger partial charge in [0, 0.05) is 6.08 Å². The SMILES string of the molecule is CC1(C)C(C=CC(=O)OC2CCCCC2)C1C(=O)O. The lowest BCUT2D eigenvalue weighted by Crippen LogP contribution is -2.19. The predicted octanol–water partition coefficient (Wildman–Crippen LogP) is 2.78. The third-order valence-corrected chi connectivity index (χ3v) is 4.45. The summed E-state index contributed by atoms with van der Waals surface area (Å²) in [7, 11) is 0. The number of rotatable bonds is 4. The molecule has 0 radical (unpaired) electrons. The maximum Gasteiger partial charge on any atom is 0.330 e. The van der Waals surface area contributed by atoms with Crippen LogP contribution in [0.1, 0.15) is 46.0 Å². The highest BCUT2D eigenvalue weighted by Gasteiger charge is 2.60. The second kappa shape index (κ2) is 5.35. The Kier molecular flexibility index (Phi) is 3.97. The van der Waals surface area contributed by atoms with Crippen LogP contribution in [-0.4, -0.2) is 23.1 Å². The van der Waals surface area contributed by atoms with E-state index in [9.17, 15) is 9.59 Å². The molecule has 0 heterocycles. The minimum Gasteiger partial charge on any atom is -0.481 e. The summed E-state index contributed by atoms with van der Waals surface area (Å²) in [6, 6.07) is 0. The molecule has 2 unspecified atom stereocenters. The number of allylic oxidation sites excluding steroid dienone is 1. The molecule has 0 aromatic carbocycles. The van der Waals surface area contributed by atoms with Gasteiger partial charge in [-0.2, -0.15) is 0 Å². The average molecular weight is 266 g/mol. The quantitative estimate of drug-likeness (QED) is 0.627. The summed E-state index contributed by atoms with van der Waals surface area (Å²) in [6.45, 7) is 3.82. The number of carboxylic acids is 1. The summed E-state index contributed by atoms with van der Waals surface area (Å²) in [5.41, 5.74) is -0.256. The summed E-state index contributed by atoms with van der Waals surface area (Å²) in [5, 5.41) is 9.04. The van der Waals surface area contributed by atoms with E-state index >= 15 is 0 Å². The highest BCUT2D eigenvalue weighted by Crippen LogP contribution is 2.59. The van der Waals surface area contributed by atoms with Gasteiger partial charge in [0.05, 0.1) is 5.92 Å². The summed E-state index contributed by atoms with van der Waals surface area (Å²) >= 11 is 0. The van der Waals surface area contributed by atoms with Crippen molar-refractivity contribution in [1.82, 2.24) is 0 Å². The topological polar surface area (TPSA) is 63.6 Å². The van der Waals surface area contributed by atoms with E-state index in [0.717, 1.165) is 25.7 Å². The fourth-order valence-electron chi connectivity index (χ4n) is 3.08. The minimum absolute atomic E-state index is 0.0494. The number of carbonyl (C=O) groups is 2. The van der Waals surface area contributed by atoms with E-state index in [1.54, 1.807) is 6.08 Å². The number of ether oxygens (including phenoxy) is 1. The standard InChI is InChI=1S/C15H22O4/c1-15(2)11(13(15)14(17)18)8-9-12(16)19-10-6-4-3-5-7-10/h8-11,13H,3-7H2,1-2H3,(H,17,18). The first-order valence-electron chi connectivity index (χ1n) is 7.04. The Morgan fingerprint density at radius 1 is 1.21 bits per heavy atom. The maximum atomic E-state index is 11.7. The Labute approximate surface area is 113 Å². The molecule has 0 aromatic heterocycles. The number of carboxylic acid groups (broad SMARTS) is 1. The molecule has 1 N–H and O–H groups in total. The normalized spacial score (nSPS) is 30.2. The minimum atomic E-state index is -0.791. The maximum absolute atomic E-state index is 11.7. The fourth-order valence-corrected chi connectivity index (χ4v) is 3.08. The molecule has 2 aliphatic rings. The van der Waals surface area contributed by atoms with Crippen LogP contribution < -0.4 is 0 Å². The second-order valence-electron chi connectivity index (χ2n) is 6.22. The molecule has 0 saturated heterocycles. The lowest BCUT2D eigenvalue weighted by atomic mass is 9.98. The van der Waals surface area contributed by atoms with E-state index in [0.29, 0.717) is 0 Å². The zero-order valence-electron chi connectivity index (χ0n) is 11.6. The number of aliphatic carboxylic acids is 1. The third kappa shape index (κ3) is 3.17. The zero-order valence-corrected chi connectivity index (χ0v) is 11.6. The molecule has 2 saturated carbocycles. The number of esters is 1. The monoisotopic (exact) mass is 266 g/mol. The smallest absolute Gasteiger partial charge is 0.330 e. The van der Waals surface area contributed by atoms with Crippen LogP contribution in [0.15, 0.2) is 12.2 Å². The van der Waals surface area contributed by atoms with Gasteiger partial charge < -0.3 is 9.84 Å². The molecule has 4 nitrogen and oxygen atoms in total. The molecular formula is C15H22O4. The lowest BCUT2D eigenvalue weighted by molar-refractivity contribution is -0.144. The van der Waals surface area contributed by atoms with Crippen molar-refractivity contribution in [3.63, 3.8) is 0 Å². The molecule has 2 rings (SSSR count). The molecule has 0 amide bonds. The van der Waals surface area contributed by atoms with Crippen LogP contribution in [0.5, 0.6) is 0 Å². The van der Waals surface area contributed by atoms with Crippen LogP contribution in [0.2, 0.25) is 0 Å². The van der Waals surface area contributed by atoms with Crippen LogP contribution in [0.4, 0.5) is 0 Å². The largest absolute Gasteiger partial charge is 0.481 e. The molecule has 0 bridgehead atoms. The molecule has 4 heteroatoms. The van der Waals surface area contributed by atoms with Crippen molar-refractivity contribution < 1.29 is 19.4 Å². The van der Waals surface area contributed by atoms with Gasteiger partial charge >= 0.3 is 11.9 Å². The van der Waals surface area contributed by atoms with E-state index in [1.165, 1.54) is 12.5 Å². The second-order valence-corrected chi connectivity index (χ2v) is 6.22. The summed E-state index contributed by atoms with van der Waals surface area (Å²) in [4.78, 5) is 22.7. The molecule has 106 valence electrons. The van der Waals surface area contributed by atoms with Crippen molar-refractivity contribution in [2.75, 3.05) is 0 Å². The first-order chi connectivity index (χ1) is 8.93. The van der Waals surface area contributed by atoms with E-state index in [4.69, 9.17) is 9.84 Å². The Morgan fingerprint density at radius 3 is 2.37 bits per heavy atom. The Morgan fingerprint density at radius 2 is 1.84 bits per heavy atom. The summed E-state index contributed by atoms with van der Waals surface area (Å²) < 4.78 is 5.36. The molecular weight excluding hydrogens is 244 g/mol. The number of hydrogen-bond acceptors (Lipinski definition) is 3. The van der Waals surface area contributed by atoms with Gasteiger partial charge in [-0.1, -0.05) is 26.3 Å². The molecule has 2 fully saturated rings. The van der Waals surface area contributed by atoms with Crippen molar-refractivity contribution in [2.24, 2.45) is 17.3 Å². The van der Waals surface area contributed by atoms with Gasteiger partial charge in [0.15, 0.2) is 0 Å². The van der Waals surface area contributed by atoms with Crippen LogP contribution in [-0.2, 0) is 14.3 Å². The van der Waals surface area contributed by atoms with Crippen molar-refractivity contribution in [1.29, 1.82) is 0 Å². The Balaban J connectivity index is 1.82. The molecule has 19 heavy (non-hydrogen) atoms. The highest BCUT2D eigenvalue weighted by molar-refractivity contribution is 5.83. The predicted molar refractivity (Wildman–Crippen MR) is 70.5 cm³/mol. The van der Waals surface area contributed by atoms with Crippen LogP contribution in [0.25, 0.3) is 0 Å². The van der Waals surface area contributed by atoms with Crippen LogP contribution >= 0.6 is 0 Å². The molecule has 2 aliphatic carbocycles. The first kappa shape index (κ1) is 14.1. The first-order valence-corrected chi connectivity index (χ1v) is 7.04. The highest BCUT2D eigenvalue weighted by atomic mass is 16.5. The van der Waals surface area contributed by atoms with Gasteiger partial charge in [0.25, 0.3) is 0 Å². The van der Waals surface area contributed by atoms with Gasteiger partial charge in [-0.15, -0.1) is 0 Å². The lowest BCUT2D eigenvalue weighted by Gasteiger charge is -2.20. The van der Waals surface area contributed by atoms with E-state index in [-0.39, 0.29) is 29.3 Å². The Hall–Kier alpha value is -1.32. The van der Waals surface area contributed by atoms with E-state index < -0.39 is 5.97 Å². The summed E-state index contributed by atoms with van der Waals surface area (Å²) in [6.07, 6.45) is 8.53. The Bertz CT molecular complexity index is 391. The van der Waals surface area contributed by atoms with E-state index in [1.807, 2.05) is 13.8 Å². The van der Waals surface area contributed by atoms with Gasteiger partial charge in [-0.25, -0.2) is 4.79 Å². The van der Waals surface area contributed by atoms with Crippen molar-refractivity contribution in [3.05, 3.63) is 12.2 Å². The molecule has 2 atom stereocenters. The van der Waals surface area contributed by atoms with Crippen molar-refractivity contribution in [3.8, 4) is 0 Å². The van der Waals surface area contributed by atoms with E-state index in [2.05, 4.69) is 0 Å². The van der Waals surface area contributed by atoms with Crippen molar-refractivity contribution >= 4 is 11.9 Å². The molecule has 0 aliphatic heterocycles. The van der Waals surface area contributed by atoms with Gasteiger partial charge in [-0.3, -0.25) is 4.79 Å². The number of carbonyl (C=O) groups excluding carboxylic acids is 1. The molecule has 0 aromatic rings. The van der Waals surface area contributed by atoms with Gasteiger partial charge in [-0.05, 0) is 37.0 Å². The number of hydrogen-bond donors (Lipinski definition) is 1. The van der Waals surface area contributed by atoms with Crippen LogP contribution in [0.3, 0.4) is 0 Å². The van der Waals surface area contributed by atoms with Gasteiger partial charge in [0.2, 0.25) is 0 Å². The van der Waals surface area contributed by atoms with Crippen LogP contribution in [0, 0.1) is 17.3 Å². The third-order valence-electron chi connectivity index (χ3n) is 4.45. The van der Waals surface area contributed by atoms with Gasteiger partial charge in [0.1, 0.15) is 6.10 Å².